The number of hydrogen-bond acceptors (Lipinski definition) is 5. The SMILES string of the molecule is CN(C)C(CNC(=O)c1ccccc1CSc1nc2ccccc2[nH]1)c1cccs1. The van der Waals surface area contributed by atoms with Gasteiger partial charge in [-0.3, -0.25) is 4.79 Å². The molecule has 2 N–H and O–H groups in total. The lowest BCUT2D eigenvalue weighted by atomic mass is 10.1. The Morgan fingerprint density at radius 1 is 1.13 bits per heavy atom. The van der Waals surface area contributed by atoms with Crippen molar-refractivity contribution in [2.45, 2.75) is 17.0 Å². The maximum atomic E-state index is 13.0. The van der Waals surface area contributed by atoms with E-state index in [0.717, 1.165) is 21.8 Å². The number of thioether (sulfide) groups is 1. The lowest BCUT2D eigenvalue weighted by molar-refractivity contribution is 0.0941. The van der Waals surface area contributed by atoms with Gasteiger partial charge in [0, 0.05) is 22.7 Å². The van der Waals surface area contributed by atoms with Crippen LogP contribution in [-0.4, -0.2) is 41.4 Å². The molecule has 7 heteroatoms. The molecule has 0 spiro atoms. The first kappa shape index (κ1) is 20.7. The second-order valence-corrected chi connectivity index (χ2v) is 9.15. The van der Waals surface area contributed by atoms with Gasteiger partial charge in [-0.2, -0.15) is 0 Å². The smallest absolute Gasteiger partial charge is 0.251 e. The number of rotatable bonds is 8. The molecule has 4 aromatic rings. The molecule has 2 aromatic heterocycles. The Kier molecular flexibility index (Phi) is 6.52. The molecule has 0 aliphatic carbocycles. The highest BCUT2D eigenvalue weighted by Crippen LogP contribution is 2.25. The van der Waals surface area contributed by atoms with Gasteiger partial charge in [0.25, 0.3) is 5.91 Å². The number of benzene rings is 2. The third-order valence-corrected chi connectivity index (χ3v) is 6.84. The molecule has 5 nitrogen and oxygen atoms in total. The van der Waals surface area contributed by atoms with Gasteiger partial charge in [-0.1, -0.05) is 48.2 Å². The number of carbonyl (C=O) groups is 1. The predicted molar refractivity (Wildman–Crippen MR) is 125 cm³/mol. The molecule has 4 rings (SSSR count). The Hall–Kier alpha value is -2.61. The van der Waals surface area contributed by atoms with Gasteiger partial charge >= 0.3 is 0 Å². The van der Waals surface area contributed by atoms with Crippen LogP contribution in [0.5, 0.6) is 0 Å². The number of carbonyl (C=O) groups excluding carboxylic acids is 1. The van der Waals surface area contributed by atoms with Gasteiger partial charge in [0.1, 0.15) is 0 Å². The fourth-order valence-electron chi connectivity index (χ4n) is 3.31. The quantitative estimate of drug-likeness (QED) is 0.384. The molecule has 30 heavy (non-hydrogen) atoms. The normalized spacial score (nSPS) is 12.4. The summed E-state index contributed by atoms with van der Waals surface area (Å²) in [5.41, 5.74) is 3.69. The third-order valence-electron chi connectivity index (χ3n) is 4.94. The van der Waals surface area contributed by atoms with Crippen LogP contribution in [0.2, 0.25) is 0 Å². The maximum Gasteiger partial charge on any atom is 0.251 e. The van der Waals surface area contributed by atoms with E-state index in [1.165, 1.54) is 4.88 Å². The topological polar surface area (TPSA) is 61.0 Å². The van der Waals surface area contributed by atoms with Crippen LogP contribution < -0.4 is 5.32 Å². The van der Waals surface area contributed by atoms with E-state index in [1.54, 1.807) is 23.1 Å². The third kappa shape index (κ3) is 4.75. The average Bonchev–Trinajstić information content (AvgIpc) is 3.42. The van der Waals surface area contributed by atoms with Crippen molar-refractivity contribution in [1.82, 2.24) is 20.2 Å². The first-order valence-corrected chi connectivity index (χ1v) is 11.6. The lowest BCUT2D eigenvalue weighted by Gasteiger charge is -2.23. The summed E-state index contributed by atoms with van der Waals surface area (Å²) in [5.74, 6) is 0.630. The first-order chi connectivity index (χ1) is 14.6. The van der Waals surface area contributed by atoms with Crippen molar-refractivity contribution < 1.29 is 4.79 Å². The Morgan fingerprint density at radius 3 is 2.70 bits per heavy atom. The maximum absolute atomic E-state index is 13.0. The minimum absolute atomic E-state index is 0.0424. The largest absolute Gasteiger partial charge is 0.350 e. The number of nitrogens with one attached hydrogen (secondary N) is 2. The standard InChI is InChI=1S/C23H24N4OS2/c1-27(2)20(21-12-7-13-29-21)14-24-22(28)17-9-4-3-8-16(17)15-30-23-25-18-10-5-6-11-19(18)26-23/h3-13,20H,14-15H2,1-2H3,(H,24,28)(H,25,26). The monoisotopic (exact) mass is 436 g/mol. The molecule has 2 aromatic carbocycles. The number of imidazole rings is 1. The number of amides is 1. The highest BCUT2D eigenvalue weighted by molar-refractivity contribution is 7.98. The van der Waals surface area contributed by atoms with Crippen LogP contribution in [0, 0.1) is 0 Å². The predicted octanol–water partition coefficient (Wildman–Crippen LogP) is 4.95. The molecular formula is C23H24N4OS2. The van der Waals surface area contributed by atoms with E-state index in [9.17, 15) is 4.79 Å². The van der Waals surface area contributed by atoms with Crippen LogP contribution in [0.3, 0.4) is 0 Å². The number of hydrogen-bond donors (Lipinski definition) is 2. The van der Waals surface area contributed by atoms with E-state index < -0.39 is 0 Å². The number of fused-ring (bicyclic) bond motifs is 1. The van der Waals surface area contributed by atoms with E-state index in [4.69, 9.17) is 0 Å². The number of H-pyrrole nitrogens is 1. The van der Waals surface area contributed by atoms with Gasteiger partial charge in [-0.15, -0.1) is 11.3 Å². The molecule has 1 unspecified atom stereocenters. The first-order valence-electron chi connectivity index (χ1n) is 9.75. The van der Waals surface area contributed by atoms with Gasteiger partial charge in [-0.25, -0.2) is 4.98 Å². The summed E-state index contributed by atoms with van der Waals surface area (Å²) < 4.78 is 0. The molecule has 0 radical (unpaired) electrons. The zero-order valence-corrected chi connectivity index (χ0v) is 18.6. The van der Waals surface area contributed by atoms with Crippen molar-refractivity contribution in [3.63, 3.8) is 0 Å². The Labute approximate surface area is 184 Å². The van der Waals surface area contributed by atoms with Crippen LogP contribution in [-0.2, 0) is 5.75 Å². The molecule has 0 saturated heterocycles. The molecule has 0 saturated carbocycles. The number of aromatic amines is 1. The number of likely N-dealkylation sites (N-methyl/N-ethyl adjacent to an activating group) is 1. The summed E-state index contributed by atoms with van der Waals surface area (Å²) in [6, 6.07) is 20.1. The van der Waals surface area contributed by atoms with Crippen molar-refractivity contribution in [2.24, 2.45) is 0 Å². The summed E-state index contributed by atoms with van der Waals surface area (Å²) >= 11 is 3.32. The Morgan fingerprint density at radius 2 is 1.93 bits per heavy atom. The van der Waals surface area contributed by atoms with Gasteiger partial charge in [0.15, 0.2) is 5.16 Å². The van der Waals surface area contributed by atoms with E-state index in [1.807, 2.05) is 68.7 Å². The number of aromatic nitrogens is 2. The molecule has 0 bridgehead atoms. The molecule has 0 fully saturated rings. The van der Waals surface area contributed by atoms with Crippen LogP contribution in [0.1, 0.15) is 26.8 Å². The van der Waals surface area contributed by atoms with Crippen LogP contribution in [0.4, 0.5) is 0 Å². The highest BCUT2D eigenvalue weighted by atomic mass is 32.2. The van der Waals surface area contributed by atoms with Gasteiger partial charge in [0.05, 0.1) is 17.1 Å². The Bertz CT molecular complexity index is 1090. The van der Waals surface area contributed by atoms with Crippen molar-refractivity contribution >= 4 is 40.0 Å². The van der Waals surface area contributed by atoms with E-state index in [0.29, 0.717) is 17.9 Å². The Balaban J connectivity index is 1.43. The second kappa shape index (κ2) is 9.47. The second-order valence-electron chi connectivity index (χ2n) is 7.21. The van der Waals surface area contributed by atoms with Crippen LogP contribution in [0.25, 0.3) is 11.0 Å². The van der Waals surface area contributed by atoms with E-state index >= 15 is 0 Å². The summed E-state index contributed by atoms with van der Waals surface area (Å²) in [5, 5.41) is 6.05. The molecule has 0 aliphatic rings. The summed E-state index contributed by atoms with van der Waals surface area (Å²) in [7, 11) is 4.07. The molecule has 1 atom stereocenters. The average molecular weight is 437 g/mol. The fourth-order valence-corrected chi connectivity index (χ4v) is 5.13. The summed E-state index contributed by atoms with van der Waals surface area (Å²) in [6.07, 6.45) is 0. The molecular weight excluding hydrogens is 412 g/mol. The lowest BCUT2D eigenvalue weighted by Crippen LogP contribution is -2.34. The fraction of sp³-hybridized carbons (Fsp3) is 0.217. The molecule has 2 heterocycles. The van der Waals surface area contributed by atoms with Crippen molar-refractivity contribution in [2.75, 3.05) is 20.6 Å². The molecule has 154 valence electrons. The van der Waals surface area contributed by atoms with E-state index in [2.05, 4.69) is 31.6 Å². The van der Waals surface area contributed by atoms with Gasteiger partial charge in [0.2, 0.25) is 0 Å². The van der Waals surface area contributed by atoms with E-state index in [-0.39, 0.29) is 11.9 Å². The summed E-state index contributed by atoms with van der Waals surface area (Å²) in [4.78, 5) is 24.3. The molecule has 0 aliphatic heterocycles. The van der Waals surface area contributed by atoms with Gasteiger partial charge in [-0.05, 0) is 49.3 Å². The number of nitrogens with zero attached hydrogens (tertiary/aromatic N) is 2. The number of thiophene rings is 1. The van der Waals surface area contributed by atoms with Crippen LogP contribution in [0.15, 0.2) is 71.2 Å². The van der Waals surface area contributed by atoms with Crippen molar-refractivity contribution in [3.05, 3.63) is 82.0 Å². The minimum Gasteiger partial charge on any atom is -0.350 e. The van der Waals surface area contributed by atoms with Crippen molar-refractivity contribution in [1.29, 1.82) is 0 Å². The molecule has 1 amide bonds. The highest BCUT2D eigenvalue weighted by Gasteiger charge is 2.18. The minimum atomic E-state index is -0.0424. The number of para-hydroxylation sites is 2. The van der Waals surface area contributed by atoms with Gasteiger partial charge < -0.3 is 15.2 Å². The zero-order chi connectivity index (χ0) is 20.9. The zero-order valence-electron chi connectivity index (χ0n) is 17.0. The summed E-state index contributed by atoms with van der Waals surface area (Å²) in [6.45, 7) is 0.567. The van der Waals surface area contributed by atoms with Crippen LogP contribution >= 0.6 is 23.1 Å². The van der Waals surface area contributed by atoms with Crippen molar-refractivity contribution in [3.8, 4) is 0 Å².